The van der Waals surface area contributed by atoms with Crippen molar-refractivity contribution in [1.29, 1.82) is 0 Å². The summed E-state index contributed by atoms with van der Waals surface area (Å²) in [5.74, 6) is -1.45. The average Bonchev–Trinajstić information content (AvgIpc) is 3.69. The number of ether oxygens (including phenoxy) is 3. The average molecular weight is 649 g/mol. The van der Waals surface area contributed by atoms with Crippen LogP contribution in [-0.2, 0) is 25.2 Å². The van der Waals surface area contributed by atoms with Crippen LogP contribution in [0.3, 0.4) is 0 Å². The molecule has 1 heterocycles. The molecule has 1 saturated carbocycles. The second kappa shape index (κ2) is 14.1. The van der Waals surface area contributed by atoms with Gasteiger partial charge in [-0.2, -0.15) is 13.2 Å². The summed E-state index contributed by atoms with van der Waals surface area (Å²) in [6.45, 7) is 4.61. The number of alkyl halides is 3. The summed E-state index contributed by atoms with van der Waals surface area (Å²) < 4.78 is 56.7. The number of hydrogen-bond acceptors (Lipinski definition) is 6. The lowest BCUT2D eigenvalue weighted by molar-refractivity contribution is -0.140. The molecular weight excluding hydrogens is 613 g/mol. The summed E-state index contributed by atoms with van der Waals surface area (Å²) in [5, 5.41) is 3.07. The first kappa shape index (κ1) is 33.3. The predicted molar refractivity (Wildman–Crippen MR) is 170 cm³/mol. The van der Waals surface area contributed by atoms with Crippen LogP contribution < -0.4 is 10.1 Å². The molecule has 0 unspecified atom stereocenters. The molecule has 1 aromatic heterocycles. The largest absolute Gasteiger partial charge is 0.490 e. The number of aromatic amines is 1. The van der Waals surface area contributed by atoms with Gasteiger partial charge in [-0.05, 0) is 92.6 Å². The van der Waals surface area contributed by atoms with Crippen molar-refractivity contribution in [3.63, 3.8) is 0 Å². The Morgan fingerprint density at radius 3 is 2.11 bits per heavy atom. The summed E-state index contributed by atoms with van der Waals surface area (Å²) in [6.07, 6.45) is -0.265. The molecule has 3 aromatic carbocycles. The molecule has 0 spiro atoms. The highest BCUT2D eigenvalue weighted by atomic mass is 19.4. The van der Waals surface area contributed by atoms with Crippen molar-refractivity contribution in [2.24, 2.45) is 0 Å². The number of amides is 1. The van der Waals surface area contributed by atoms with E-state index >= 15 is 0 Å². The minimum absolute atomic E-state index is 0.0138. The number of hydrogen-bond donors (Lipinski definition) is 2. The lowest BCUT2D eigenvalue weighted by Gasteiger charge is -2.18. The number of esters is 2. The van der Waals surface area contributed by atoms with Gasteiger partial charge in [0.2, 0.25) is 5.91 Å². The molecule has 0 radical (unpaired) electrons. The molecule has 5 rings (SSSR count). The van der Waals surface area contributed by atoms with Crippen molar-refractivity contribution in [1.82, 2.24) is 10.3 Å². The number of aromatic nitrogens is 1. The zero-order chi connectivity index (χ0) is 33.7. The van der Waals surface area contributed by atoms with Gasteiger partial charge in [0.25, 0.3) is 0 Å². The molecule has 1 aliphatic rings. The molecule has 0 atom stereocenters. The third kappa shape index (κ3) is 7.51. The van der Waals surface area contributed by atoms with Crippen LogP contribution in [0.25, 0.3) is 27.6 Å². The standard InChI is InChI=1S/C36H35F3N2O6/c1-4-45-34(43)32(40-21(3)42)30(23-12-17-27(18-13-23)47-26-8-6-7-9-26)31-28-20-24(22-10-15-25(16-11-22)36(37,38)39)14-19-29(28)41-33(31)35(44)46-5-2/h10-20,26,41H,4-9H2,1-3H3,(H,40,42). The van der Waals surface area contributed by atoms with Crippen LogP contribution >= 0.6 is 0 Å². The quantitative estimate of drug-likeness (QED) is 0.134. The molecule has 0 aliphatic heterocycles. The minimum atomic E-state index is -4.49. The van der Waals surface area contributed by atoms with E-state index in [4.69, 9.17) is 14.2 Å². The van der Waals surface area contributed by atoms with Crippen molar-refractivity contribution >= 4 is 34.3 Å². The van der Waals surface area contributed by atoms with Gasteiger partial charge in [0, 0.05) is 29.0 Å². The van der Waals surface area contributed by atoms with Crippen LogP contribution in [0.2, 0.25) is 0 Å². The lowest BCUT2D eigenvalue weighted by atomic mass is 9.91. The molecule has 11 heteroatoms. The first-order chi connectivity index (χ1) is 22.5. The summed E-state index contributed by atoms with van der Waals surface area (Å²) in [4.78, 5) is 42.5. The monoisotopic (exact) mass is 648 g/mol. The van der Waals surface area contributed by atoms with E-state index in [2.05, 4.69) is 10.3 Å². The van der Waals surface area contributed by atoms with Crippen molar-refractivity contribution in [3.8, 4) is 16.9 Å². The Morgan fingerprint density at radius 2 is 1.51 bits per heavy atom. The highest BCUT2D eigenvalue weighted by Gasteiger charge is 2.31. The van der Waals surface area contributed by atoms with Gasteiger partial charge in [-0.25, -0.2) is 9.59 Å². The molecule has 246 valence electrons. The van der Waals surface area contributed by atoms with E-state index < -0.39 is 29.6 Å². The van der Waals surface area contributed by atoms with E-state index in [1.807, 2.05) is 0 Å². The zero-order valence-corrected chi connectivity index (χ0v) is 26.3. The number of carbonyl (C=O) groups excluding carboxylic acids is 3. The number of benzene rings is 3. The molecule has 1 fully saturated rings. The number of halogens is 3. The van der Waals surface area contributed by atoms with Crippen LogP contribution in [0.4, 0.5) is 13.2 Å². The molecule has 1 aliphatic carbocycles. The Kier molecular flexibility index (Phi) is 10.0. The van der Waals surface area contributed by atoms with Gasteiger partial charge in [-0.1, -0.05) is 30.3 Å². The molecule has 4 aromatic rings. The summed E-state index contributed by atoms with van der Waals surface area (Å²) in [5.41, 5.74) is 1.47. The number of H-pyrrole nitrogens is 1. The normalized spacial score (nSPS) is 14.1. The van der Waals surface area contributed by atoms with Crippen LogP contribution in [0.5, 0.6) is 5.75 Å². The third-order valence-corrected chi connectivity index (χ3v) is 7.85. The molecule has 8 nitrogen and oxygen atoms in total. The zero-order valence-electron chi connectivity index (χ0n) is 26.3. The highest BCUT2D eigenvalue weighted by molar-refractivity contribution is 6.13. The van der Waals surface area contributed by atoms with E-state index in [-0.39, 0.29) is 41.8 Å². The van der Waals surface area contributed by atoms with E-state index in [0.717, 1.165) is 37.8 Å². The van der Waals surface area contributed by atoms with Crippen molar-refractivity contribution < 1.29 is 41.8 Å². The molecular formula is C36H35F3N2O6. The van der Waals surface area contributed by atoms with E-state index in [1.54, 1.807) is 56.3 Å². The van der Waals surface area contributed by atoms with Crippen molar-refractivity contribution in [3.05, 3.63) is 94.8 Å². The van der Waals surface area contributed by atoms with Crippen LogP contribution in [0, 0.1) is 0 Å². The fourth-order valence-electron chi connectivity index (χ4n) is 5.75. The first-order valence-electron chi connectivity index (χ1n) is 15.5. The van der Waals surface area contributed by atoms with E-state index in [9.17, 15) is 27.6 Å². The number of fused-ring (bicyclic) bond motifs is 1. The van der Waals surface area contributed by atoms with Gasteiger partial charge in [0.15, 0.2) is 0 Å². The van der Waals surface area contributed by atoms with Gasteiger partial charge in [-0.3, -0.25) is 4.79 Å². The fraction of sp³-hybridized carbons (Fsp3) is 0.306. The third-order valence-electron chi connectivity index (χ3n) is 7.85. The van der Waals surface area contributed by atoms with Crippen molar-refractivity contribution in [2.75, 3.05) is 13.2 Å². The molecule has 0 bridgehead atoms. The van der Waals surface area contributed by atoms with E-state index in [1.165, 1.54) is 19.1 Å². The Bertz CT molecular complexity index is 1800. The summed E-state index contributed by atoms with van der Waals surface area (Å²) in [6, 6.07) is 16.8. The van der Waals surface area contributed by atoms with Gasteiger partial charge >= 0.3 is 18.1 Å². The summed E-state index contributed by atoms with van der Waals surface area (Å²) >= 11 is 0. The topological polar surface area (TPSA) is 107 Å². The van der Waals surface area contributed by atoms with Gasteiger partial charge in [0.1, 0.15) is 17.1 Å². The lowest BCUT2D eigenvalue weighted by Crippen LogP contribution is -2.28. The maximum atomic E-state index is 13.5. The minimum Gasteiger partial charge on any atom is -0.490 e. The Morgan fingerprint density at radius 1 is 0.872 bits per heavy atom. The SMILES string of the molecule is CCOC(=O)C(NC(C)=O)=C(c1ccc(OC2CCCC2)cc1)c1c(C(=O)OCC)[nH]c2ccc(-c3ccc(C(F)(F)F)cc3)cc12. The van der Waals surface area contributed by atoms with Crippen molar-refractivity contribution in [2.45, 2.75) is 58.7 Å². The van der Waals surface area contributed by atoms with Crippen LogP contribution in [0.15, 0.2) is 72.4 Å². The highest BCUT2D eigenvalue weighted by Crippen LogP contribution is 2.39. The Balaban J connectivity index is 1.76. The number of carbonyl (C=O) groups is 3. The predicted octanol–water partition coefficient (Wildman–Crippen LogP) is 7.81. The van der Waals surface area contributed by atoms with E-state index in [0.29, 0.717) is 33.3 Å². The number of rotatable bonds is 10. The Hall–Kier alpha value is -5.06. The van der Waals surface area contributed by atoms with Gasteiger partial charge < -0.3 is 24.5 Å². The van der Waals surface area contributed by atoms with Gasteiger partial charge in [0.05, 0.1) is 24.9 Å². The smallest absolute Gasteiger partial charge is 0.416 e. The molecule has 2 N–H and O–H groups in total. The molecule has 0 saturated heterocycles. The Labute approximate surface area is 269 Å². The summed E-state index contributed by atoms with van der Waals surface area (Å²) in [7, 11) is 0. The second-order valence-electron chi connectivity index (χ2n) is 11.1. The van der Waals surface area contributed by atoms with Crippen LogP contribution in [0.1, 0.15) is 73.6 Å². The molecule has 47 heavy (non-hydrogen) atoms. The van der Waals surface area contributed by atoms with Crippen LogP contribution in [-0.4, -0.2) is 42.1 Å². The first-order valence-corrected chi connectivity index (χ1v) is 15.5. The maximum absolute atomic E-state index is 13.5. The van der Waals surface area contributed by atoms with Gasteiger partial charge in [-0.15, -0.1) is 0 Å². The maximum Gasteiger partial charge on any atom is 0.416 e. The number of nitrogens with one attached hydrogen (secondary N) is 2. The fourth-order valence-corrected chi connectivity index (χ4v) is 5.75. The second-order valence-corrected chi connectivity index (χ2v) is 11.1. The molecule has 1 amide bonds.